The van der Waals surface area contributed by atoms with Gasteiger partial charge in [-0.2, -0.15) is 8.78 Å². The highest BCUT2D eigenvalue weighted by atomic mass is 79.9. The van der Waals surface area contributed by atoms with Gasteiger partial charge < -0.3 is 19.7 Å². The van der Waals surface area contributed by atoms with E-state index in [0.717, 1.165) is 15.8 Å². The van der Waals surface area contributed by atoms with Gasteiger partial charge in [-0.25, -0.2) is 4.79 Å². The molecule has 9 heteroatoms. The van der Waals surface area contributed by atoms with Crippen LogP contribution in [-0.4, -0.2) is 36.9 Å². The molecule has 1 aliphatic heterocycles. The predicted octanol–water partition coefficient (Wildman–Crippen LogP) is 5.34. The number of carbonyl (C=O) groups excluding carboxylic acids is 1. The van der Waals surface area contributed by atoms with Crippen molar-refractivity contribution in [2.24, 2.45) is 0 Å². The molecule has 1 unspecified atom stereocenters. The van der Waals surface area contributed by atoms with E-state index in [1.165, 1.54) is 12.1 Å². The minimum absolute atomic E-state index is 0.0104. The fourth-order valence-electron chi connectivity index (χ4n) is 2.78. The molecule has 1 heterocycles. The molecule has 0 aromatic heterocycles. The molecular weight excluding hydrogens is 442 g/mol. The minimum atomic E-state index is -2.92. The Bertz CT molecular complexity index is 825. The maximum Gasteiger partial charge on any atom is 0.387 e. The number of benzene rings is 2. The quantitative estimate of drug-likeness (QED) is 0.656. The highest BCUT2D eigenvalue weighted by Crippen LogP contribution is 2.43. The van der Waals surface area contributed by atoms with Gasteiger partial charge in [0, 0.05) is 34.1 Å². The number of hydrogen-bond acceptors (Lipinski definition) is 4. The van der Waals surface area contributed by atoms with Gasteiger partial charge in [0.2, 0.25) is 0 Å². The number of amides is 2. The van der Waals surface area contributed by atoms with Gasteiger partial charge >= 0.3 is 12.6 Å². The lowest BCUT2D eigenvalue weighted by Gasteiger charge is -2.26. The summed E-state index contributed by atoms with van der Waals surface area (Å²) in [6.45, 7) is -2.36. The lowest BCUT2D eigenvalue weighted by molar-refractivity contribution is -0.0497. The maximum absolute atomic E-state index is 12.8. The van der Waals surface area contributed by atoms with Crippen LogP contribution in [0.5, 0.6) is 11.5 Å². The third-order valence-electron chi connectivity index (χ3n) is 3.92. The number of nitrogens with one attached hydrogen (secondary N) is 1. The Morgan fingerprint density at radius 2 is 2.15 bits per heavy atom. The van der Waals surface area contributed by atoms with Gasteiger partial charge in [0.25, 0.3) is 0 Å². The van der Waals surface area contributed by atoms with Crippen LogP contribution in [0.25, 0.3) is 0 Å². The summed E-state index contributed by atoms with van der Waals surface area (Å²) in [5, 5.41) is 2.54. The first kappa shape index (κ1) is 19.8. The molecule has 1 fully saturated rings. The van der Waals surface area contributed by atoms with E-state index in [4.69, 9.17) is 4.74 Å². The van der Waals surface area contributed by atoms with Gasteiger partial charge in [-0.1, -0.05) is 22.0 Å². The van der Waals surface area contributed by atoms with Gasteiger partial charge in [-0.15, -0.1) is 11.8 Å². The van der Waals surface area contributed by atoms with Crippen molar-refractivity contribution < 1.29 is 23.0 Å². The summed E-state index contributed by atoms with van der Waals surface area (Å²) in [7, 11) is 1.59. The normalized spacial score (nSPS) is 16.5. The molecule has 27 heavy (non-hydrogen) atoms. The van der Waals surface area contributed by atoms with Crippen molar-refractivity contribution in [1.29, 1.82) is 0 Å². The lowest BCUT2D eigenvalue weighted by Crippen LogP contribution is -2.34. The zero-order valence-corrected chi connectivity index (χ0v) is 16.7. The van der Waals surface area contributed by atoms with Crippen molar-refractivity contribution in [1.82, 2.24) is 4.90 Å². The smallest absolute Gasteiger partial charge is 0.387 e. The standard InChI is InChI=1S/C18H17BrF2N2O3S/c1-25-15-6-5-11(19)9-14(15)16-23(7-8-27-16)18(24)22-12-3-2-4-13(10-12)26-17(20)21/h2-6,9-10,16-17H,7-8H2,1H3,(H,22,24). The van der Waals surface area contributed by atoms with Crippen LogP contribution in [0.2, 0.25) is 0 Å². The Kier molecular flexibility index (Phi) is 6.43. The van der Waals surface area contributed by atoms with Crippen LogP contribution in [0.15, 0.2) is 46.9 Å². The molecule has 0 radical (unpaired) electrons. The molecule has 1 atom stereocenters. The first-order valence-electron chi connectivity index (χ1n) is 8.05. The summed E-state index contributed by atoms with van der Waals surface area (Å²) in [4.78, 5) is 14.5. The van der Waals surface area contributed by atoms with Crippen LogP contribution in [0.4, 0.5) is 19.3 Å². The molecule has 1 N–H and O–H groups in total. The summed E-state index contributed by atoms with van der Waals surface area (Å²) < 4.78 is 35.4. The fraction of sp³-hybridized carbons (Fsp3) is 0.278. The van der Waals surface area contributed by atoms with Crippen LogP contribution >= 0.6 is 27.7 Å². The number of anilines is 1. The SMILES string of the molecule is COc1ccc(Br)cc1C1SCCN1C(=O)Nc1cccc(OC(F)F)c1. The van der Waals surface area contributed by atoms with Gasteiger partial charge in [-0.3, -0.25) is 0 Å². The van der Waals surface area contributed by atoms with Crippen LogP contribution in [-0.2, 0) is 0 Å². The highest BCUT2D eigenvalue weighted by molar-refractivity contribution is 9.10. The molecule has 0 spiro atoms. The fourth-order valence-corrected chi connectivity index (χ4v) is 4.43. The second-order valence-corrected chi connectivity index (χ2v) is 7.74. The number of urea groups is 1. The second kappa shape index (κ2) is 8.79. The van der Waals surface area contributed by atoms with Crippen molar-refractivity contribution in [2.45, 2.75) is 12.0 Å². The Balaban J connectivity index is 1.77. The van der Waals surface area contributed by atoms with Crippen molar-refractivity contribution in [3.8, 4) is 11.5 Å². The number of hydrogen-bond donors (Lipinski definition) is 1. The molecule has 2 aromatic rings. The molecule has 0 saturated carbocycles. The molecule has 0 bridgehead atoms. The van der Waals surface area contributed by atoms with Gasteiger partial charge in [0.05, 0.1) is 7.11 Å². The van der Waals surface area contributed by atoms with E-state index in [1.807, 2.05) is 18.2 Å². The largest absolute Gasteiger partial charge is 0.496 e. The Labute approximate surface area is 168 Å². The number of carbonyl (C=O) groups is 1. The summed E-state index contributed by atoms with van der Waals surface area (Å²) in [6.07, 6.45) is 0. The number of alkyl halides is 2. The number of ether oxygens (including phenoxy) is 2. The minimum Gasteiger partial charge on any atom is -0.496 e. The summed E-state index contributed by atoms with van der Waals surface area (Å²) >= 11 is 5.08. The van der Waals surface area contributed by atoms with E-state index in [-0.39, 0.29) is 17.2 Å². The average molecular weight is 459 g/mol. The van der Waals surface area contributed by atoms with Crippen LogP contribution in [0, 0.1) is 0 Å². The Hall–Kier alpha value is -2.00. The number of methoxy groups -OCH3 is 1. The van der Waals surface area contributed by atoms with Gasteiger partial charge in [0.1, 0.15) is 16.9 Å². The van der Waals surface area contributed by atoms with Crippen LogP contribution in [0.3, 0.4) is 0 Å². The van der Waals surface area contributed by atoms with E-state index in [9.17, 15) is 13.6 Å². The molecule has 2 amide bonds. The first-order valence-corrected chi connectivity index (χ1v) is 9.89. The predicted molar refractivity (Wildman–Crippen MR) is 105 cm³/mol. The van der Waals surface area contributed by atoms with Crippen molar-refractivity contribution in [3.05, 3.63) is 52.5 Å². The van der Waals surface area contributed by atoms with E-state index >= 15 is 0 Å². The van der Waals surface area contributed by atoms with Gasteiger partial charge in [0.15, 0.2) is 0 Å². The number of nitrogens with zero attached hydrogens (tertiary/aromatic N) is 1. The van der Waals surface area contributed by atoms with Crippen molar-refractivity contribution in [2.75, 3.05) is 24.7 Å². The third kappa shape index (κ3) is 4.84. The molecular formula is C18H17BrF2N2O3S. The van der Waals surface area contributed by atoms with E-state index in [1.54, 1.807) is 35.9 Å². The molecule has 5 nitrogen and oxygen atoms in total. The monoisotopic (exact) mass is 458 g/mol. The zero-order chi connectivity index (χ0) is 19.4. The molecule has 2 aromatic carbocycles. The summed E-state index contributed by atoms with van der Waals surface area (Å²) in [5.41, 5.74) is 1.27. The van der Waals surface area contributed by atoms with E-state index < -0.39 is 6.61 Å². The molecule has 144 valence electrons. The number of rotatable bonds is 5. The summed E-state index contributed by atoms with van der Waals surface area (Å²) in [5.74, 6) is 1.47. The molecule has 1 aliphatic rings. The van der Waals surface area contributed by atoms with E-state index in [0.29, 0.717) is 18.0 Å². The summed E-state index contributed by atoms with van der Waals surface area (Å²) in [6, 6.07) is 11.3. The van der Waals surface area contributed by atoms with E-state index in [2.05, 4.69) is 26.0 Å². The number of halogens is 3. The molecule has 1 saturated heterocycles. The molecule has 0 aliphatic carbocycles. The van der Waals surface area contributed by atoms with Crippen molar-refractivity contribution in [3.63, 3.8) is 0 Å². The molecule has 3 rings (SSSR count). The van der Waals surface area contributed by atoms with Crippen LogP contribution in [0.1, 0.15) is 10.9 Å². The number of thioether (sulfide) groups is 1. The third-order valence-corrected chi connectivity index (χ3v) is 5.66. The van der Waals surface area contributed by atoms with Crippen LogP contribution < -0.4 is 14.8 Å². The second-order valence-electron chi connectivity index (χ2n) is 5.64. The first-order chi connectivity index (χ1) is 13.0. The maximum atomic E-state index is 12.8. The lowest BCUT2D eigenvalue weighted by atomic mass is 10.2. The topological polar surface area (TPSA) is 50.8 Å². The Morgan fingerprint density at radius 1 is 1.33 bits per heavy atom. The van der Waals surface area contributed by atoms with Crippen molar-refractivity contribution >= 4 is 39.4 Å². The zero-order valence-electron chi connectivity index (χ0n) is 14.3. The van der Waals surface area contributed by atoms with Gasteiger partial charge in [-0.05, 0) is 30.3 Å². The highest BCUT2D eigenvalue weighted by Gasteiger charge is 2.33. The average Bonchev–Trinajstić information content (AvgIpc) is 3.11. The Morgan fingerprint density at radius 3 is 2.89 bits per heavy atom.